The number of esters is 1. The smallest absolute Gasteiger partial charge is 0.335 e. The molecule has 1 unspecified atom stereocenters. The minimum atomic E-state index is -0.409. The van der Waals surface area contributed by atoms with Crippen LogP contribution < -0.4 is 0 Å². The number of ether oxygens (including phenoxy) is 2. The Labute approximate surface area is 147 Å². The Hall–Kier alpha value is -0.830. The van der Waals surface area contributed by atoms with E-state index in [1.54, 1.807) is 6.92 Å². The van der Waals surface area contributed by atoms with Gasteiger partial charge < -0.3 is 9.47 Å². The summed E-state index contributed by atoms with van der Waals surface area (Å²) in [7, 11) is 0. The number of hydrogen-bond donors (Lipinski definition) is 0. The first-order valence-corrected chi connectivity index (χ1v) is 10.0. The zero-order chi connectivity index (χ0) is 17.2. The summed E-state index contributed by atoms with van der Waals surface area (Å²) in [5.41, 5.74) is 0.418. The maximum absolute atomic E-state index is 12.2. The summed E-state index contributed by atoms with van der Waals surface area (Å²) in [6.45, 7) is 7.72. The molecule has 0 aromatic rings. The van der Waals surface area contributed by atoms with Crippen molar-refractivity contribution < 1.29 is 14.3 Å². The van der Waals surface area contributed by atoms with Gasteiger partial charge in [-0.25, -0.2) is 4.79 Å². The molecule has 2 bridgehead atoms. The van der Waals surface area contributed by atoms with Crippen molar-refractivity contribution in [2.75, 3.05) is 0 Å². The maximum atomic E-state index is 12.2. The summed E-state index contributed by atoms with van der Waals surface area (Å²) in [5, 5.41) is 0. The molecule has 0 N–H and O–H groups in total. The zero-order valence-corrected chi connectivity index (χ0v) is 15.5. The van der Waals surface area contributed by atoms with Gasteiger partial charge in [-0.1, -0.05) is 45.6 Å². The van der Waals surface area contributed by atoms with Gasteiger partial charge in [0.2, 0.25) is 6.29 Å². The summed E-state index contributed by atoms with van der Waals surface area (Å²) in [6, 6.07) is 0. The molecular formula is C21H34O3. The molecule has 24 heavy (non-hydrogen) atoms. The van der Waals surface area contributed by atoms with E-state index in [9.17, 15) is 4.79 Å². The monoisotopic (exact) mass is 334 g/mol. The van der Waals surface area contributed by atoms with Crippen molar-refractivity contribution in [2.24, 2.45) is 17.3 Å². The van der Waals surface area contributed by atoms with E-state index in [0.717, 1.165) is 12.8 Å². The van der Waals surface area contributed by atoms with Crippen LogP contribution in [0.15, 0.2) is 12.2 Å². The van der Waals surface area contributed by atoms with E-state index in [1.165, 1.54) is 57.8 Å². The molecule has 3 rings (SSSR count). The van der Waals surface area contributed by atoms with Gasteiger partial charge >= 0.3 is 5.97 Å². The molecule has 0 radical (unpaired) electrons. The second kappa shape index (κ2) is 7.59. The summed E-state index contributed by atoms with van der Waals surface area (Å²) in [5.74, 6) is 1.03. The van der Waals surface area contributed by atoms with Crippen LogP contribution in [0, 0.1) is 17.3 Å². The molecule has 0 aromatic carbocycles. The summed E-state index contributed by atoms with van der Waals surface area (Å²) >= 11 is 0. The molecule has 0 spiro atoms. The predicted octanol–water partition coefficient (Wildman–Crippen LogP) is 5.39. The third-order valence-electron chi connectivity index (χ3n) is 6.64. The van der Waals surface area contributed by atoms with Crippen molar-refractivity contribution in [1.29, 1.82) is 0 Å². The quantitative estimate of drug-likeness (QED) is 0.384. The highest BCUT2D eigenvalue weighted by atomic mass is 16.7. The van der Waals surface area contributed by atoms with E-state index in [1.807, 2.05) is 0 Å². The molecule has 3 saturated carbocycles. The van der Waals surface area contributed by atoms with Crippen LogP contribution in [0.5, 0.6) is 0 Å². The van der Waals surface area contributed by atoms with Gasteiger partial charge in [0.15, 0.2) is 0 Å². The van der Waals surface area contributed by atoms with Gasteiger partial charge in [0.05, 0.1) is 6.10 Å². The Balaban J connectivity index is 1.76. The van der Waals surface area contributed by atoms with Crippen LogP contribution in [-0.4, -0.2) is 18.4 Å². The summed E-state index contributed by atoms with van der Waals surface area (Å²) in [4.78, 5) is 12.2. The van der Waals surface area contributed by atoms with E-state index in [-0.39, 0.29) is 17.5 Å². The molecule has 0 heterocycles. The Morgan fingerprint density at radius 2 is 1.54 bits per heavy atom. The van der Waals surface area contributed by atoms with Crippen molar-refractivity contribution in [2.45, 2.75) is 96.9 Å². The van der Waals surface area contributed by atoms with Gasteiger partial charge in [-0.3, -0.25) is 0 Å². The Morgan fingerprint density at radius 1 is 1.00 bits per heavy atom. The molecule has 3 fully saturated rings. The number of fused-ring (bicyclic) bond motifs is 2. The van der Waals surface area contributed by atoms with E-state index >= 15 is 0 Å². The standard InChI is InChI=1S/C21H34O3/c1-15(2)19(22)24-20(21(3)13-5-4-6-14-21)23-18-16-9-7-10-17(18)12-8-11-16/h16-18,20H,1,4-14H2,2-3H3. The van der Waals surface area contributed by atoms with E-state index in [0.29, 0.717) is 17.4 Å². The van der Waals surface area contributed by atoms with Gasteiger partial charge in [0, 0.05) is 11.0 Å². The van der Waals surface area contributed by atoms with E-state index < -0.39 is 6.29 Å². The Morgan fingerprint density at radius 3 is 2.04 bits per heavy atom. The number of hydrogen-bond acceptors (Lipinski definition) is 3. The van der Waals surface area contributed by atoms with Gasteiger partial charge in [-0.2, -0.15) is 0 Å². The van der Waals surface area contributed by atoms with E-state index in [4.69, 9.17) is 9.47 Å². The molecule has 3 heteroatoms. The van der Waals surface area contributed by atoms with Crippen molar-refractivity contribution in [1.82, 2.24) is 0 Å². The normalized spacial score (nSPS) is 33.5. The minimum absolute atomic E-state index is 0.0465. The number of carbonyl (C=O) groups excluding carboxylic acids is 1. The molecule has 0 saturated heterocycles. The highest BCUT2D eigenvalue weighted by Crippen LogP contribution is 2.46. The molecule has 1 atom stereocenters. The van der Waals surface area contributed by atoms with Crippen LogP contribution in [0.1, 0.15) is 84.5 Å². The van der Waals surface area contributed by atoms with Gasteiger partial charge in [-0.05, 0) is 57.3 Å². The first-order chi connectivity index (χ1) is 11.5. The van der Waals surface area contributed by atoms with Crippen LogP contribution in [-0.2, 0) is 14.3 Å². The molecule has 3 aliphatic carbocycles. The lowest BCUT2D eigenvalue weighted by atomic mass is 9.69. The first kappa shape index (κ1) is 18.0. The SMILES string of the molecule is C=C(C)C(=O)OC(OC1C2CCCC1CCC2)C1(C)CCCCC1. The third-order valence-corrected chi connectivity index (χ3v) is 6.64. The maximum Gasteiger partial charge on any atom is 0.335 e. The highest BCUT2D eigenvalue weighted by Gasteiger charge is 2.45. The van der Waals surface area contributed by atoms with E-state index in [2.05, 4.69) is 13.5 Å². The van der Waals surface area contributed by atoms with Crippen molar-refractivity contribution in [3.8, 4) is 0 Å². The molecule has 3 aliphatic rings. The Bertz CT molecular complexity index is 442. The fourth-order valence-electron chi connectivity index (χ4n) is 5.11. The third kappa shape index (κ3) is 3.87. The van der Waals surface area contributed by atoms with Gasteiger partial charge in [-0.15, -0.1) is 0 Å². The lowest BCUT2D eigenvalue weighted by Crippen LogP contribution is -2.48. The molecule has 3 nitrogen and oxygen atoms in total. The summed E-state index contributed by atoms with van der Waals surface area (Å²) < 4.78 is 12.5. The van der Waals surface area contributed by atoms with Gasteiger partial charge in [0.1, 0.15) is 0 Å². The largest absolute Gasteiger partial charge is 0.432 e. The van der Waals surface area contributed by atoms with Crippen LogP contribution in [0.25, 0.3) is 0 Å². The van der Waals surface area contributed by atoms with Crippen molar-refractivity contribution in [3.63, 3.8) is 0 Å². The second-order valence-corrected chi connectivity index (χ2v) is 8.71. The topological polar surface area (TPSA) is 35.5 Å². The molecule has 0 aliphatic heterocycles. The lowest BCUT2D eigenvalue weighted by molar-refractivity contribution is -0.249. The highest BCUT2D eigenvalue weighted by molar-refractivity contribution is 5.87. The molecular weight excluding hydrogens is 300 g/mol. The fraction of sp³-hybridized carbons (Fsp3) is 0.857. The number of carbonyl (C=O) groups is 1. The minimum Gasteiger partial charge on any atom is -0.432 e. The van der Waals surface area contributed by atoms with Crippen molar-refractivity contribution >= 4 is 5.97 Å². The Kier molecular flexibility index (Phi) is 5.69. The number of rotatable bonds is 5. The van der Waals surface area contributed by atoms with Crippen LogP contribution in [0.3, 0.4) is 0 Å². The van der Waals surface area contributed by atoms with Crippen LogP contribution >= 0.6 is 0 Å². The molecule has 0 aromatic heterocycles. The fourth-order valence-corrected chi connectivity index (χ4v) is 5.11. The van der Waals surface area contributed by atoms with Gasteiger partial charge in [0.25, 0.3) is 0 Å². The average molecular weight is 335 g/mol. The van der Waals surface area contributed by atoms with Crippen LogP contribution in [0.2, 0.25) is 0 Å². The lowest BCUT2D eigenvalue weighted by Gasteiger charge is -2.47. The zero-order valence-electron chi connectivity index (χ0n) is 15.5. The van der Waals surface area contributed by atoms with Crippen molar-refractivity contribution in [3.05, 3.63) is 12.2 Å². The first-order valence-electron chi connectivity index (χ1n) is 10.0. The predicted molar refractivity (Wildman–Crippen MR) is 95.4 cm³/mol. The summed E-state index contributed by atoms with van der Waals surface area (Å²) in [6.07, 6.45) is 13.5. The molecule has 136 valence electrons. The van der Waals surface area contributed by atoms with Crippen LogP contribution in [0.4, 0.5) is 0 Å². The molecule has 0 amide bonds. The average Bonchev–Trinajstić information content (AvgIpc) is 2.54. The second-order valence-electron chi connectivity index (χ2n) is 8.71.